The molecule has 31 heavy (non-hydrogen) atoms. The third kappa shape index (κ3) is 4.72. The van der Waals surface area contributed by atoms with E-state index in [1.165, 1.54) is 12.1 Å². The van der Waals surface area contributed by atoms with E-state index in [9.17, 15) is 13.2 Å². The highest BCUT2D eigenvalue weighted by molar-refractivity contribution is 7.89. The Bertz CT molecular complexity index is 1300. The molecule has 4 N–H and O–H groups in total. The number of carbonyl (C=O) groups is 1. The smallest absolute Gasteiger partial charge is 0.238 e. The number of pyridine rings is 1. The number of hydrogen-bond donors (Lipinski definition) is 3. The largest absolute Gasteiger partial charge is 0.360 e. The second-order valence-electron chi connectivity index (χ2n) is 7.22. The van der Waals surface area contributed by atoms with Gasteiger partial charge in [-0.2, -0.15) is 0 Å². The first-order chi connectivity index (χ1) is 14.9. The molecule has 7 nitrogen and oxygen atoms in total. The Morgan fingerprint density at radius 1 is 1.06 bits per heavy atom. The number of hydrogen-bond acceptors (Lipinski definition) is 5. The second kappa shape index (κ2) is 8.81. The lowest BCUT2D eigenvalue weighted by Crippen LogP contribution is -2.30. The van der Waals surface area contributed by atoms with Crippen LogP contribution in [-0.4, -0.2) is 30.7 Å². The zero-order valence-electron chi connectivity index (χ0n) is 16.7. The van der Waals surface area contributed by atoms with Gasteiger partial charge in [0.15, 0.2) is 5.78 Å². The molecule has 158 valence electrons. The highest BCUT2D eigenvalue weighted by Gasteiger charge is 2.24. The number of aromatic nitrogens is 2. The zero-order valence-corrected chi connectivity index (χ0v) is 17.5. The molecule has 0 unspecified atom stereocenters. The van der Waals surface area contributed by atoms with Crippen LogP contribution in [0.1, 0.15) is 27.5 Å². The lowest BCUT2D eigenvalue weighted by Gasteiger charge is -2.18. The Hall–Kier alpha value is -3.33. The van der Waals surface area contributed by atoms with Crippen LogP contribution in [0.4, 0.5) is 0 Å². The van der Waals surface area contributed by atoms with E-state index in [-0.39, 0.29) is 10.7 Å². The Labute approximate surface area is 180 Å². The minimum atomic E-state index is -3.71. The molecule has 8 heteroatoms. The van der Waals surface area contributed by atoms with Crippen molar-refractivity contribution in [3.05, 3.63) is 95.9 Å². The van der Waals surface area contributed by atoms with Gasteiger partial charge in [0, 0.05) is 41.6 Å². The fourth-order valence-electron chi connectivity index (χ4n) is 3.54. The summed E-state index contributed by atoms with van der Waals surface area (Å²) in [6.45, 7) is 0.528. The van der Waals surface area contributed by atoms with Crippen molar-refractivity contribution in [3.8, 4) is 0 Å². The molecule has 0 aliphatic carbocycles. The van der Waals surface area contributed by atoms with Gasteiger partial charge in [0.1, 0.15) is 0 Å². The lowest BCUT2D eigenvalue weighted by molar-refractivity contribution is 0.0945. The van der Waals surface area contributed by atoms with E-state index < -0.39 is 16.1 Å². The predicted octanol–water partition coefficient (Wildman–Crippen LogP) is 2.97. The SMILES string of the molecule is NS(=O)(=O)c1ccc(CCN[C@@H](C(=O)c2c[nH]c3ccncc23)c2ccccc2)cc1. The predicted molar refractivity (Wildman–Crippen MR) is 119 cm³/mol. The van der Waals surface area contributed by atoms with Gasteiger partial charge in [0.25, 0.3) is 0 Å². The van der Waals surface area contributed by atoms with Crippen LogP contribution in [0.5, 0.6) is 0 Å². The van der Waals surface area contributed by atoms with Crippen molar-refractivity contribution in [1.29, 1.82) is 0 Å². The number of primary sulfonamides is 1. The monoisotopic (exact) mass is 434 g/mol. The van der Waals surface area contributed by atoms with Gasteiger partial charge in [-0.3, -0.25) is 9.78 Å². The molecule has 1 atom stereocenters. The van der Waals surface area contributed by atoms with Crippen LogP contribution in [0.2, 0.25) is 0 Å². The number of sulfonamides is 1. The first-order valence-corrected chi connectivity index (χ1v) is 11.3. The third-order valence-electron chi connectivity index (χ3n) is 5.16. The van der Waals surface area contributed by atoms with Gasteiger partial charge in [-0.25, -0.2) is 13.6 Å². The van der Waals surface area contributed by atoms with Gasteiger partial charge in [0.2, 0.25) is 10.0 Å². The average Bonchev–Trinajstić information content (AvgIpc) is 3.21. The molecule has 0 saturated heterocycles. The molecule has 0 aliphatic heterocycles. The standard InChI is InChI=1S/C23H22N4O3S/c24-31(29,30)18-8-6-16(7-9-18)10-13-26-22(17-4-2-1-3-5-17)23(28)20-15-27-21-11-12-25-14-19(20)21/h1-9,11-12,14-15,22,26-27H,10,13H2,(H2,24,29,30)/t22-/m1/s1. The molecule has 0 spiro atoms. The van der Waals surface area contributed by atoms with Crippen LogP contribution in [0, 0.1) is 0 Å². The minimum Gasteiger partial charge on any atom is -0.360 e. The number of fused-ring (bicyclic) bond motifs is 1. The molecule has 2 aromatic heterocycles. The van der Waals surface area contributed by atoms with E-state index in [1.54, 1.807) is 30.7 Å². The molecule has 0 saturated carbocycles. The zero-order chi connectivity index (χ0) is 21.8. The van der Waals surface area contributed by atoms with Crippen molar-refractivity contribution in [2.45, 2.75) is 17.4 Å². The number of benzene rings is 2. The Kier molecular flexibility index (Phi) is 5.94. The molecular formula is C23H22N4O3S. The quantitative estimate of drug-likeness (QED) is 0.369. The Morgan fingerprint density at radius 2 is 1.81 bits per heavy atom. The minimum absolute atomic E-state index is 0.0463. The van der Waals surface area contributed by atoms with Crippen molar-refractivity contribution < 1.29 is 13.2 Å². The van der Waals surface area contributed by atoms with E-state index in [2.05, 4.69) is 15.3 Å². The summed E-state index contributed by atoms with van der Waals surface area (Å²) < 4.78 is 22.8. The molecular weight excluding hydrogens is 412 g/mol. The molecule has 4 aromatic rings. The van der Waals surface area contributed by atoms with Crippen LogP contribution in [-0.2, 0) is 16.4 Å². The summed E-state index contributed by atoms with van der Waals surface area (Å²) in [7, 11) is -3.71. The Morgan fingerprint density at radius 3 is 2.52 bits per heavy atom. The summed E-state index contributed by atoms with van der Waals surface area (Å²) in [5.74, 6) is -0.0463. The fourth-order valence-corrected chi connectivity index (χ4v) is 4.05. The number of H-pyrrole nitrogens is 1. The number of ketones is 1. The molecule has 0 fully saturated rings. The maximum atomic E-state index is 13.4. The normalized spacial score (nSPS) is 12.7. The second-order valence-corrected chi connectivity index (χ2v) is 8.79. The third-order valence-corrected chi connectivity index (χ3v) is 6.09. The highest BCUT2D eigenvalue weighted by atomic mass is 32.2. The van der Waals surface area contributed by atoms with Gasteiger partial charge in [-0.1, -0.05) is 42.5 Å². The van der Waals surface area contributed by atoms with Gasteiger partial charge >= 0.3 is 0 Å². The number of carbonyl (C=O) groups excluding carboxylic acids is 1. The van der Waals surface area contributed by atoms with Crippen LogP contribution in [0.25, 0.3) is 10.9 Å². The highest BCUT2D eigenvalue weighted by Crippen LogP contribution is 2.24. The number of Topliss-reactive ketones (excluding diaryl/α,β-unsaturated/α-hetero) is 1. The lowest BCUT2D eigenvalue weighted by atomic mass is 9.97. The molecule has 2 heterocycles. The number of aromatic amines is 1. The van der Waals surface area contributed by atoms with Gasteiger partial charge in [-0.05, 0) is 35.7 Å². The Balaban J connectivity index is 1.53. The number of rotatable bonds is 8. The first kappa shape index (κ1) is 20.9. The summed E-state index contributed by atoms with van der Waals surface area (Å²) in [6, 6.07) is 17.3. The summed E-state index contributed by atoms with van der Waals surface area (Å²) in [5.41, 5.74) is 3.26. The van der Waals surface area contributed by atoms with Crippen molar-refractivity contribution in [2.24, 2.45) is 5.14 Å². The molecule has 4 rings (SSSR count). The van der Waals surface area contributed by atoms with Crippen LogP contribution in [0.15, 0.2) is 84.1 Å². The van der Waals surface area contributed by atoms with Crippen LogP contribution >= 0.6 is 0 Å². The van der Waals surface area contributed by atoms with Gasteiger partial charge in [-0.15, -0.1) is 0 Å². The van der Waals surface area contributed by atoms with Gasteiger partial charge < -0.3 is 10.3 Å². The van der Waals surface area contributed by atoms with Gasteiger partial charge in [0.05, 0.1) is 10.9 Å². The van der Waals surface area contributed by atoms with Crippen LogP contribution < -0.4 is 10.5 Å². The summed E-state index contributed by atoms with van der Waals surface area (Å²) >= 11 is 0. The summed E-state index contributed by atoms with van der Waals surface area (Å²) in [6.07, 6.45) is 5.71. The van der Waals surface area contributed by atoms with Crippen molar-refractivity contribution in [2.75, 3.05) is 6.54 Å². The fraction of sp³-hybridized carbons (Fsp3) is 0.130. The number of nitrogens with zero attached hydrogens (tertiary/aromatic N) is 1. The maximum absolute atomic E-state index is 13.4. The molecule has 0 radical (unpaired) electrons. The van der Waals surface area contributed by atoms with E-state index in [4.69, 9.17) is 5.14 Å². The summed E-state index contributed by atoms with van der Waals surface area (Å²) in [4.78, 5) is 20.8. The van der Waals surface area contributed by atoms with E-state index in [0.717, 1.165) is 22.0 Å². The topological polar surface area (TPSA) is 118 Å². The molecule has 0 amide bonds. The van der Waals surface area contributed by atoms with E-state index in [1.807, 2.05) is 36.4 Å². The van der Waals surface area contributed by atoms with Crippen LogP contribution in [0.3, 0.4) is 0 Å². The molecule has 0 bridgehead atoms. The van der Waals surface area contributed by atoms with Crippen molar-refractivity contribution >= 4 is 26.7 Å². The van der Waals surface area contributed by atoms with E-state index >= 15 is 0 Å². The number of nitrogens with two attached hydrogens (primary N) is 1. The molecule has 0 aliphatic rings. The summed E-state index contributed by atoms with van der Waals surface area (Å²) in [5, 5.41) is 9.29. The van der Waals surface area contributed by atoms with E-state index in [0.29, 0.717) is 18.5 Å². The number of nitrogens with one attached hydrogen (secondary N) is 2. The molecule has 2 aromatic carbocycles. The maximum Gasteiger partial charge on any atom is 0.238 e. The average molecular weight is 435 g/mol. The first-order valence-electron chi connectivity index (χ1n) is 9.79. The van der Waals surface area contributed by atoms with Crippen molar-refractivity contribution in [1.82, 2.24) is 15.3 Å². The van der Waals surface area contributed by atoms with Crippen molar-refractivity contribution in [3.63, 3.8) is 0 Å².